The predicted molar refractivity (Wildman–Crippen MR) is 78.1 cm³/mol. The molecule has 1 rings (SSSR count). The van der Waals surface area contributed by atoms with Gasteiger partial charge in [0.2, 0.25) is 0 Å². The Balaban J connectivity index is 3.03. The van der Waals surface area contributed by atoms with Crippen LogP contribution in [0.3, 0.4) is 0 Å². The quantitative estimate of drug-likeness (QED) is 0.863. The molecule has 5 nitrogen and oxygen atoms in total. The van der Waals surface area contributed by atoms with Crippen molar-refractivity contribution in [2.75, 3.05) is 41.4 Å². The molecule has 6 heteroatoms. The molecular weight excluding hydrogens is 312 g/mol. The molecule has 0 spiro atoms. The number of likely N-dealkylation sites (N-methyl/N-ethyl adjacent to an activating group) is 2. The van der Waals surface area contributed by atoms with Gasteiger partial charge in [0.15, 0.2) is 0 Å². The molecule has 1 amide bonds. The van der Waals surface area contributed by atoms with Gasteiger partial charge in [0.25, 0.3) is 5.91 Å². The van der Waals surface area contributed by atoms with Crippen LogP contribution in [-0.2, 0) is 0 Å². The number of carbonyl (C=O) groups is 1. The van der Waals surface area contributed by atoms with Crippen LogP contribution >= 0.6 is 15.9 Å². The molecule has 19 heavy (non-hydrogen) atoms. The summed E-state index contributed by atoms with van der Waals surface area (Å²) in [6, 6.07) is 3.40. The lowest BCUT2D eigenvalue weighted by Crippen LogP contribution is -2.32. The van der Waals surface area contributed by atoms with Gasteiger partial charge in [-0.15, -0.1) is 0 Å². The molecule has 0 aliphatic rings. The summed E-state index contributed by atoms with van der Waals surface area (Å²) in [5, 5.41) is 3.01. The minimum atomic E-state index is -0.0700. The van der Waals surface area contributed by atoms with E-state index in [1.807, 2.05) is 7.05 Å². The Kier molecular flexibility index (Phi) is 6.11. The molecular formula is C13H19BrN2O3. The maximum absolute atomic E-state index is 12.3. The molecule has 106 valence electrons. The molecule has 1 N–H and O–H groups in total. The Bertz CT molecular complexity index is 427. The largest absolute Gasteiger partial charge is 0.495 e. The van der Waals surface area contributed by atoms with E-state index in [1.54, 1.807) is 38.3 Å². The molecule has 0 atom stereocenters. The Morgan fingerprint density at radius 1 is 1.32 bits per heavy atom. The summed E-state index contributed by atoms with van der Waals surface area (Å²) < 4.78 is 11.2. The summed E-state index contributed by atoms with van der Waals surface area (Å²) >= 11 is 3.38. The lowest BCUT2D eigenvalue weighted by Gasteiger charge is -2.18. The second-order valence-corrected chi connectivity index (χ2v) is 4.82. The second kappa shape index (κ2) is 7.35. The van der Waals surface area contributed by atoms with Gasteiger partial charge < -0.3 is 19.7 Å². The molecule has 0 saturated carbocycles. The molecule has 0 bridgehead atoms. The molecule has 0 fully saturated rings. The highest BCUT2D eigenvalue weighted by molar-refractivity contribution is 9.10. The van der Waals surface area contributed by atoms with E-state index in [2.05, 4.69) is 21.2 Å². The van der Waals surface area contributed by atoms with Gasteiger partial charge in [-0.25, -0.2) is 0 Å². The number of methoxy groups -OCH3 is 2. The van der Waals surface area contributed by atoms with Crippen molar-refractivity contribution in [1.82, 2.24) is 10.2 Å². The normalized spacial score (nSPS) is 10.2. The van der Waals surface area contributed by atoms with E-state index in [-0.39, 0.29) is 5.91 Å². The number of amides is 1. The topological polar surface area (TPSA) is 50.8 Å². The summed E-state index contributed by atoms with van der Waals surface area (Å²) in [6.45, 7) is 1.38. The van der Waals surface area contributed by atoms with Crippen LogP contribution in [0.2, 0.25) is 0 Å². The number of rotatable bonds is 6. The number of nitrogens with one attached hydrogen (secondary N) is 1. The first-order valence-electron chi connectivity index (χ1n) is 5.86. The summed E-state index contributed by atoms with van der Waals surface area (Å²) in [6.07, 6.45) is 0. The van der Waals surface area contributed by atoms with Gasteiger partial charge >= 0.3 is 0 Å². The summed E-state index contributed by atoms with van der Waals surface area (Å²) in [5.74, 6) is 1.08. The first-order chi connectivity index (χ1) is 9.04. The third-order valence-electron chi connectivity index (χ3n) is 2.74. The van der Waals surface area contributed by atoms with Crippen LogP contribution in [-0.4, -0.2) is 52.2 Å². The standard InChI is InChI=1S/C13H19BrN2O3/c1-15-5-6-16(2)13(17)9-7-10(18-3)12(14)11(8-9)19-4/h7-8,15H,5-6H2,1-4H3. The predicted octanol–water partition coefficient (Wildman–Crippen LogP) is 1.76. The number of hydrogen-bond acceptors (Lipinski definition) is 4. The fourth-order valence-electron chi connectivity index (χ4n) is 1.59. The van der Waals surface area contributed by atoms with E-state index in [0.29, 0.717) is 28.1 Å². The van der Waals surface area contributed by atoms with Crippen LogP contribution in [0.5, 0.6) is 11.5 Å². The maximum Gasteiger partial charge on any atom is 0.253 e. The molecule has 0 heterocycles. The van der Waals surface area contributed by atoms with Crippen LogP contribution in [0.15, 0.2) is 16.6 Å². The zero-order valence-corrected chi connectivity index (χ0v) is 13.2. The maximum atomic E-state index is 12.3. The van der Waals surface area contributed by atoms with Gasteiger partial charge in [-0.3, -0.25) is 4.79 Å². The molecule has 0 aliphatic heterocycles. The first-order valence-corrected chi connectivity index (χ1v) is 6.66. The number of benzene rings is 1. The van der Waals surface area contributed by atoms with Gasteiger partial charge in [0.1, 0.15) is 16.0 Å². The van der Waals surface area contributed by atoms with Gasteiger partial charge in [0.05, 0.1) is 14.2 Å². The van der Waals surface area contributed by atoms with E-state index < -0.39 is 0 Å². The first kappa shape index (κ1) is 15.8. The average Bonchev–Trinajstić information content (AvgIpc) is 2.44. The van der Waals surface area contributed by atoms with Crippen LogP contribution < -0.4 is 14.8 Å². The van der Waals surface area contributed by atoms with Crippen molar-refractivity contribution >= 4 is 21.8 Å². The van der Waals surface area contributed by atoms with E-state index in [0.717, 1.165) is 6.54 Å². The minimum Gasteiger partial charge on any atom is -0.495 e. The molecule has 1 aromatic rings. The van der Waals surface area contributed by atoms with E-state index in [9.17, 15) is 4.79 Å². The zero-order valence-electron chi connectivity index (χ0n) is 11.6. The van der Waals surface area contributed by atoms with Crippen molar-refractivity contribution < 1.29 is 14.3 Å². The average molecular weight is 331 g/mol. The smallest absolute Gasteiger partial charge is 0.253 e. The number of hydrogen-bond donors (Lipinski definition) is 1. The summed E-state index contributed by atoms with van der Waals surface area (Å²) in [5.41, 5.74) is 0.538. The summed E-state index contributed by atoms with van der Waals surface area (Å²) in [4.78, 5) is 13.9. The molecule has 0 saturated heterocycles. The van der Waals surface area contributed by atoms with Gasteiger partial charge in [-0.2, -0.15) is 0 Å². The highest BCUT2D eigenvalue weighted by atomic mass is 79.9. The molecule has 0 aromatic heterocycles. The number of nitrogens with zero attached hydrogens (tertiary/aromatic N) is 1. The van der Waals surface area contributed by atoms with Crippen LogP contribution in [0.25, 0.3) is 0 Å². The van der Waals surface area contributed by atoms with Crippen molar-refractivity contribution in [2.24, 2.45) is 0 Å². The number of ether oxygens (including phenoxy) is 2. The Hall–Kier alpha value is -1.27. The van der Waals surface area contributed by atoms with Gasteiger partial charge in [-0.05, 0) is 35.1 Å². The third-order valence-corrected chi connectivity index (χ3v) is 3.52. The third kappa shape index (κ3) is 3.84. The number of halogens is 1. The van der Waals surface area contributed by atoms with E-state index >= 15 is 0 Å². The highest BCUT2D eigenvalue weighted by Crippen LogP contribution is 2.35. The molecule has 0 aliphatic carbocycles. The van der Waals surface area contributed by atoms with Crippen LogP contribution in [0.1, 0.15) is 10.4 Å². The molecule has 0 radical (unpaired) electrons. The van der Waals surface area contributed by atoms with Crippen molar-refractivity contribution in [3.8, 4) is 11.5 Å². The lowest BCUT2D eigenvalue weighted by atomic mass is 10.1. The fraction of sp³-hybridized carbons (Fsp3) is 0.462. The van der Waals surface area contributed by atoms with Gasteiger partial charge in [0, 0.05) is 25.7 Å². The molecule has 0 unspecified atom stereocenters. The van der Waals surface area contributed by atoms with E-state index in [4.69, 9.17) is 9.47 Å². The Morgan fingerprint density at radius 3 is 2.26 bits per heavy atom. The highest BCUT2D eigenvalue weighted by Gasteiger charge is 2.17. The molecule has 1 aromatic carbocycles. The lowest BCUT2D eigenvalue weighted by molar-refractivity contribution is 0.0796. The monoisotopic (exact) mass is 330 g/mol. The number of carbonyl (C=O) groups excluding carboxylic acids is 1. The van der Waals surface area contributed by atoms with Gasteiger partial charge in [-0.1, -0.05) is 0 Å². The van der Waals surface area contributed by atoms with Crippen LogP contribution in [0.4, 0.5) is 0 Å². The minimum absolute atomic E-state index is 0.0700. The Morgan fingerprint density at radius 2 is 1.84 bits per heavy atom. The Labute approximate surface area is 122 Å². The fourth-order valence-corrected chi connectivity index (χ4v) is 2.15. The van der Waals surface area contributed by atoms with Crippen molar-refractivity contribution in [3.63, 3.8) is 0 Å². The SMILES string of the molecule is CNCCN(C)C(=O)c1cc(OC)c(Br)c(OC)c1. The van der Waals surface area contributed by atoms with Crippen molar-refractivity contribution in [2.45, 2.75) is 0 Å². The second-order valence-electron chi connectivity index (χ2n) is 4.03. The zero-order chi connectivity index (χ0) is 14.4. The summed E-state index contributed by atoms with van der Waals surface area (Å²) in [7, 11) is 6.72. The van der Waals surface area contributed by atoms with E-state index in [1.165, 1.54) is 0 Å². The van der Waals surface area contributed by atoms with Crippen molar-refractivity contribution in [1.29, 1.82) is 0 Å². The van der Waals surface area contributed by atoms with Crippen molar-refractivity contribution in [3.05, 3.63) is 22.2 Å². The van der Waals surface area contributed by atoms with Crippen LogP contribution in [0, 0.1) is 0 Å².